The van der Waals surface area contributed by atoms with Gasteiger partial charge >= 0.3 is 0 Å². The number of methoxy groups -OCH3 is 1. The number of benzene rings is 2. The molecule has 0 saturated heterocycles. The highest BCUT2D eigenvalue weighted by Crippen LogP contribution is 2.39. The molecule has 2 aliphatic rings. The first-order valence-corrected chi connectivity index (χ1v) is 14.6. The number of nitrogens with zero attached hydrogens (tertiary/aromatic N) is 3. The van der Waals surface area contributed by atoms with Crippen molar-refractivity contribution in [1.29, 1.82) is 0 Å². The SMILES string of the molecule is CCn1cc(-c2cccc(N(CC3CCC(c4ccc(OC)c(C)c4)CC3)C(=O)C3CCCCC3)c2)cn1. The minimum atomic E-state index is 0.161. The van der Waals surface area contributed by atoms with Crippen molar-refractivity contribution >= 4 is 11.6 Å². The molecule has 1 aromatic heterocycles. The molecule has 0 atom stereocenters. The third-order valence-corrected chi connectivity index (χ3v) is 8.85. The summed E-state index contributed by atoms with van der Waals surface area (Å²) >= 11 is 0. The summed E-state index contributed by atoms with van der Waals surface area (Å²) in [6.45, 7) is 5.90. The average Bonchev–Trinajstić information content (AvgIpc) is 3.46. The molecule has 2 aliphatic carbocycles. The summed E-state index contributed by atoms with van der Waals surface area (Å²) in [6.07, 6.45) is 14.4. The lowest BCUT2D eigenvalue weighted by molar-refractivity contribution is -0.123. The zero-order valence-electron chi connectivity index (χ0n) is 23.4. The van der Waals surface area contributed by atoms with Crippen LogP contribution in [0.15, 0.2) is 54.9 Å². The van der Waals surface area contributed by atoms with Gasteiger partial charge in [-0.25, -0.2) is 0 Å². The van der Waals surface area contributed by atoms with E-state index in [1.807, 2.05) is 10.9 Å². The van der Waals surface area contributed by atoms with Crippen LogP contribution in [0.5, 0.6) is 5.75 Å². The molecule has 5 rings (SSSR count). The fourth-order valence-corrected chi connectivity index (χ4v) is 6.52. The molecule has 2 fully saturated rings. The molecular weight excluding hydrogens is 470 g/mol. The van der Waals surface area contributed by atoms with E-state index in [-0.39, 0.29) is 5.92 Å². The predicted molar refractivity (Wildman–Crippen MR) is 155 cm³/mol. The molecule has 2 aromatic carbocycles. The van der Waals surface area contributed by atoms with Gasteiger partial charge in [0.15, 0.2) is 0 Å². The van der Waals surface area contributed by atoms with Crippen molar-refractivity contribution < 1.29 is 9.53 Å². The fourth-order valence-electron chi connectivity index (χ4n) is 6.52. The van der Waals surface area contributed by atoms with Crippen LogP contribution < -0.4 is 9.64 Å². The van der Waals surface area contributed by atoms with Crippen molar-refractivity contribution in [3.63, 3.8) is 0 Å². The molecule has 0 spiro atoms. The molecule has 3 aromatic rings. The summed E-state index contributed by atoms with van der Waals surface area (Å²) in [7, 11) is 1.74. The van der Waals surface area contributed by atoms with Crippen LogP contribution in [0.3, 0.4) is 0 Å². The molecule has 0 aliphatic heterocycles. The Bertz CT molecular complexity index is 1220. The van der Waals surface area contributed by atoms with Crippen LogP contribution in [-0.4, -0.2) is 29.3 Å². The van der Waals surface area contributed by atoms with Gasteiger partial charge in [-0.2, -0.15) is 5.10 Å². The van der Waals surface area contributed by atoms with Gasteiger partial charge in [0.25, 0.3) is 0 Å². The zero-order valence-corrected chi connectivity index (χ0v) is 23.4. The van der Waals surface area contributed by atoms with Gasteiger partial charge in [0.1, 0.15) is 5.75 Å². The van der Waals surface area contributed by atoms with E-state index < -0.39 is 0 Å². The van der Waals surface area contributed by atoms with E-state index >= 15 is 0 Å². The Morgan fingerprint density at radius 1 is 1.00 bits per heavy atom. The number of aryl methyl sites for hydroxylation is 2. The molecule has 0 N–H and O–H groups in total. The number of hydrogen-bond donors (Lipinski definition) is 0. The van der Waals surface area contributed by atoms with Crippen LogP contribution in [-0.2, 0) is 11.3 Å². The molecule has 5 heteroatoms. The maximum atomic E-state index is 14.0. The number of ether oxygens (including phenoxy) is 1. The van der Waals surface area contributed by atoms with Crippen molar-refractivity contribution in [2.75, 3.05) is 18.6 Å². The van der Waals surface area contributed by atoms with Crippen molar-refractivity contribution in [3.05, 3.63) is 66.0 Å². The van der Waals surface area contributed by atoms with E-state index in [2.05, 4.69) is 72.5 Å². The summed E-state index contributed by atoms with van der Waals surface area (Å²) in [5.74, 6) is 2.58. The van der Waals surface area contributed by atoms with Crippen LogP contribution in [0.1, 0.15) is 81.8 Å². The average molecular weight is 514 g/mol. The fraction of sp³-hybridized carbons (Fsp3) is 0.515. The quantitative estimate of drug-likeness (QED) is 0.309. The highest BCUT2D eigenvalue weighted by Gasteiger charge is 2.31. The Hall–Kier alpha value is -3.08. The second kappa shape index (κ2) is 12.2. The Labute approximate surface area is 228 Å². The first kappa shape index (κ1) is 26.5. The molecule has 38 heavy (non-hydrogen) atoms. The monoisotopic (exact) mass is 513 g/mol. The van der Waals surface area contributed by atoms with Crippen molar-refractivity contribution in [2.45, 2.75) is 84.1 Å². The van der Waals surface area contributed by atoms with E-state index in [9.17, 15) is 4.79 Å². The number of rotatable bonds is 8. The van der Waals surface area contributed by atoms with Crippen LogP contribution in [0, 0.1) is 18.8 Å². The number of carbonyl (C=O) groups excluding carboxylic acids is 1. The topological polar surface area (TPSA) is 47.4 Å². The Kier molecular flexibility index (Phi) is 8.51. The molecule has 0 bridgehead atoms. The maximum absolute atomic E-state index is 14.0. The van der Waals surface area contributed by atoms with E-state index in [4.69, 9.17) is 4.74 Å². The van der Waals surface area contributed by atoms with Crippen LogP contribution >= 0.6 is 0 Å². The van der Waals surface area contributed by atoms with Crippen molar-refractivity contribution in [3.8, 4) is 16.9 Å². The van der Waals surface area contributed by atoms with E-state index in [0.29, 0.717) is 17.7 Å². The molecule has 0 radical (unpaired) electrons. The van der Waals surface area contributed by atoms with Gasteiger partial charge in [0.2, 0.25) is 5.91 Å². The summed E-state index contributed by atoms with van der Waals surface area (Å²) in [6, 6.07) is 15.2. The zero-order chi connectivity index (χ0) is 26.5. The number of hydrogen-bond acceptors (Lipinski definition) is 3. The molecule has 2 saturated carbocycles. The number of aromatic nitrogens is 2. The Morgan fingerprint density at radius 3 is 2.47 bits per heavy atom. The normalized spacial score (nSPS) is 20.3. The second-order valence-electron chi connectivity index (χ2n) is 11.4. The van der Waals surface area contributed by atoms with Crippen LogP contribution in [0.2, 0.25) is 0 Å². The predicted octanol–water partition coefficient (Wildman–Crippen LogP) is 7.77. The smallest absolute Gasteiger partial charge is 0.230 e. The molecule has 202 valence electrons. The Morgan fingerprint density at radius 2 is 1.79 bits per heavy atom. The van der Waals surface area contributed by atoms with Crippen LogP contribution in [0.4, 0.5) is 5.69 Å². The van der Waals surface area contributed by atoms with Gasteiger partial charge in [-0.3, -0.25) is 9.48 Å². The Balaban J connectivity index is 1.33. The van der Waals surface area contributed by atoms with E-state index in [1.54, 1.807) is 7.11 Å². The highest BCUT2D eigenvalue weighted by molar-refractivity contribution is 5.95. The standard InChI is InChI=1S/C33H43N3O2/c1-4-35-23-30(21-34-35)28-11-8-12-31(20-28)36(33(37)27-9-6-5-7-10-27)22-25-13-15-26(16-14-25)29-17-18-32(38-3)24(2)19-29/h8,11-12,17-21,23,25-27H,4-7,9-10,13-16,22H2,1-3H3. The summed E-state index contributed by atoms with van der Waals surface area (Å²) in [5, 5.41) is 4.46. The van der Waals surface area contributed by atoms with Gasteiger partial charge in [-0.05, 0) is 99.1 Å². The number of carbonyl (C=O) groups is 1. The van der Waals surface area contributed by atoms with E-state index in [1.165, 1.54) is 43.2 Å². The molecular formula is C33H43N3O2. The minimum Gasteiger partial charge on any atom is -0.496 e. The lowest BCUT2D eigenvalue weighted by Crippen LogP contribution is -2.41. The van der Waals surface area contributed by atoms with Crippen molar-refractivity contribution in [1.82, 2.24) is 9.78 Å². The highest BCUT2D eigenvalue weighted by atomic mass is 16.5. The molecule has 1 heterocycles. The minimum absolute atomic E-state index is 0.161. The summed E-state index contributed by atoms with van der Waals surface area (Å²) < 4.78 is 7.42. The lowest BCUT2D eigenvalue weighted by atomic mass is 9.78. The summed E-state index contributed by atoms with van der Waals surface area (Å²) in [4.78, 5) is 16.1. The third kappa shape index (κ3) is 5.98. The van der Waals surface area contributed by atoms with Gasteiger partial charge in [0, 0.05) is 36.5 Å². The van der Waals surface area contributed by atoms with Gasteiger partial charge in [-0.1, -0.05) is 43.5 Å². The third-order valence-electron chi connectivity index (χ3n) is 8.85. The summed E-state index contributed by atoms with van der Waals surface area (Å²) in [5.41, 5.74) is 5.91. The first-order chi connectivity index (χ1) is 18.6. The first-order valence-electron chi connectivity index (χ1n) is 14.6. The lowest BCUT2D eigenvalue weighted by Gasteiger charge is -2.35. The van der Waals surface area contributed by atoms with Gasteiger partial charge in [-0.15, -0.1) is 0 Å². The largest absolute Gasteiger partial charge is 0.496 e. The molecule has 1 amide bonds. The van der Waals surface area contributed by atoms with Crippen molar-refractivity contribution in [2.24, 2.45) is 11.8 Å². The second-order valence-corrected chi connectivity index (χ2v) is 11.4. The molecule has 0 unspecified atom stereocenters. The van der Waals surface area contributed by atoms with Crippen LogP contribution in [0.25, 0.3) is 11.1 Å². The maximum Gasteiger partial charge on any atom is 0.230 e. The van der Waals surface area contributed by atoms with Gasteiger partial charge in [0.05, 0.1) is 13.3 Å². The number of anilines is 1. The van der Waals surface area contributed by atoms with Gasteiger partial charge < -0.3 is 9.64 Å². The van der Waals surface area contributed by atoms with E-state index in [0.717, 1.165) is 61.3 Å². The molecule has 5 nitrogen and oxygen atoms in total. The number of amides is 1.